The van der Waals surface area contributed by atoms with Gasteiger partial charge in [0, 0.05) is 5.56 Å². The molecule has 0 saturated carbocycles. The number of rotatable bonds is 22. The van der Waals surface area contributed by atoms with Crippen LogP contribution in [0.5, 0.6) is 0 Å². The molecule has 0 aliphatic rings. The van der Waals surface area contributed by atoms with Crippen molar-refractivity contribution in [2.75, 3.05) is 0 Å². The summed E-state index contributed by atoms with van der Waals surface area (Å²) in [6.07, 6.45) is 30.1. The quantitative estimate of drug-likeness (QED) is 0.0527. The summed E-state index contributed by atoms with van der Waals surface area (Å²) in [7, 11) is 0. The van der Waals surface area contributed by atoms with Crippen LogP contribution in [0.2, 0.25) is 0 Å². The second-order valence-electron chi connectivity index (χ2n) is 12.8. The maximum absolute atomic E-state index is 12.2. The smallest absolute Gasteiger partial charge is 0.150 e. The molecule has 0 saturated heterocycles. The molecule has 0 heterocycles. The molecular weight excluding hydrogens is 508 g/mol. The predicted molar refractivity (Wildman–Crippen MR) is 186 cm³/mol. The number of hydrogen-bond acceptors (Lipinski definition) is 1. The summed E-state index contributed by atoms with van der Waals surface area (Å²) in [5, 5.41) is 7.21. The molecule has 0 spiro atoms. The van der Waals surface area contributed by atoms with E-state index in [0.29, 0.717) is 0 Å². The molecular formula is C41H56O. The van der Waals surface area contributed by atoms with Crippen molar-refractivity contribution >= 4 is 38.6 Å². The molecule has 0 bridgehead atoms. The molecule has 1 heteroatoms. The second kappa shape index (κ2) is 18.8. The third-order valence-electron chi connectivity index (χ3n) is 9.39. The Morgan fingerprint density at radius 1 is 0.452 bits per heavy atom. The summed E-state index contributed by atoms with van der Waals surface area (Å²) in [6.45, 7) is 2.30. The Labute approximate surface area is 256 Å². The minimum absolute atomic E-state index is 0.889. The van der Waals surface area contributed by atoms with Gasteiger partial charge in [-0.05, 0) is 75.0 Å². The van der Waals surface area contributed by atoms with Gasteiger partial charge in [-0.3, -0.25) is 4.79 Å². The number of carbonyl (C=O) groups is 1. The van der Waals surface area contributed by atoms with Gasteiger partial charge < -0.3 is 0 Å². The molecule has 0 radical (unpaired) electrons. The molecule has 0 aliphatic heterocycles. The van der Waals surface area contributed by atoms with E-state index in [1.165, 1.54) is 156 Å². The topological polar surface area (TPSA) is 17.1 Å². The van der Waals surface area contributed by atoms with Crippen molar-refractivity contribution in [2.24, 2.45) is 0 Å². The van der Waals surface area contributed by atoms with Gasteiger partial charge in [-0.1, -0.05) is 165 Å². The third-order valence-corrected chi connectivity index (χ3v) is 9.39. The van der Waals surface area contributed by atoms with Crippen molar-refractivity contribution in [1.29, 1.82) is 0 Å². The minimum atomic E-state index is 0.889. The molecule has 1 nitrogen and oxygen atoms in total. The van der Waals surface area contributed by atoms with E-state index in [2.05, 4.69) is 67.6 Å². The van der Waals surface area contributed by atoms with Crippen LogP contribution in [0.1, 0.15) is 151 Å². The van der Waals surface area contributed by atoms with E-state index in [4.69, 9.17) is 0 Å². The first-order valence-corrected chi connectivity index (χ1v) is 17.6. The number of benzene rings is 4. The number of hydrogen-bond donors (Lipinski definition) is 0. The predicted octanol–water partition coefficient (Wildman–Crippen LogP) is 13.3. The van der Waals surface area contributed by atoms with Gasteiger partial charge in [-0.25, -0.2) is 0 Å². The Morgan fingerprint density at radius 2 is 0.881 bits per heavy atom. The molecule has 42 heavy (non-hydrogen) atoms. The molecule has 0 amide bonds. The highest BCUT2D eigenvalue weighted by atomic mass is 16.1. The summed E-state index contributed by atoms with van der Waals surface area (Å²) in [6, 6.07) is 21.9. The lowest BCUT2D eigenvalue weighted by atomic mass is 9.93. The van der Waals surface area contributed by atoms with Crippen LogP contribution in [0.25, 0.3) is 32.3 Å². The van der Waals surface area contributed by atoms with Crippen LogP contribution in [0.15, 0.2) is 60.7 Å². The average Bonchev–Trinajstić information content (AvgIpc) is 3.01. The van der Waals surface area contributed by atoms with Crippen molar-refractivity contribution in [3.8, 4) is 0 Å². The zero-order valence-electron chi connectivity index (χ0n) is 26.6. The minimum Gasteiger partial charge on any atom is -0.298 e. The molecule has 0 aromatic heterocycles. The van der Waals surface area contributed by atoms with Gasteiger partial charge in [0.15, 0.2) is 6.29 Å². The molecule has 0 atom stereocenters. The first kappa shape index (κ1) is 32.2. The Kier molecular flexibility index (Phi) is 14.4. The highest BCUT2D eigenvalue weighted by molar-refractivity contribution is 6.09. The lowest BCUT2D eigenvalue weighted by molar-refractivity contribution is 0.112. The SMILES string of the molecule is CCCCCCCCCCCCCCCCCCCCCCc1ccc2cc3cc4ccccc4cc3cc2c1C=O. The van der Waals surface area contributed by atoms with E-state index in [-0.39, 0.29) is 0 Å². The van der Waals surface area contributed by atoms with Gasteiger partial charge in [-0.2, -0.15) is 0 Å². The first-order valence-electron chi connectivity index (χ1n) is 17.6. The summed E-state index contributed by atoms with van der Waals surface area (Å²) < 4.78 is 0. The van der Waals surface area contributed by atoms with Crippen LogP contribution in [-0.2, 0) is 6.42 Å². The zero-order chi connectivity index (χ0) is 29.2. The number of carbonyl (C=O) groups excluding carboxylic acids is 1. The molecule has 4 aromatic carbocycles. The van der Waals surface area contributed by atoms with E-state index in [1.54, 1.807) is 0 Å². The highest BCUT2D eigenvalue weighted by Crippen LogP contribution is 2.30. The fraction of sp³-hybridized carbons (Fsp3) is 0.537. The fourth-order valence-electron chi connectivity index (χ4n) is 6.76. The maximum atomic E-state index is 12.2. The fourth-order valence-corrected chi connectivity index (χ4v) is 6.76. The van der Waals surface area contributed by atoms with Crippen LogP contribution < -0.4 is 0 Å². The molecule has 4 aromatic rings. The van der Waals surface area contributed by atoms with Gasteiger partial charge in [0.05, 0.1) is 0 Å². The Morgan fingerprint density at radius 3 is 1.36 bits per heavy atom. The molecule has 4 rings (SSSR count). The molecule has 0 N–H and O–H groups in total. The zero-order valence-corrected chi connectivity index (χ0v) is 26.6. The number of aldehydes is 1. The van der Waals surface area contributed by atoms with Crippen molar-refractivity contribution in [3.63, 3.8) is 0 Å². The van der Waals surface area contributed by atoms with Gasteiger partial charge in [-0.15, -0.1) is 0 Å². The van der Waals surface area contributed by atoms with Crippen molar-refractivity contribution in [1.82, 2.24) is 0 Å². The van der Waals surface area contributed by atoms with Crippen LogP contribution in [-0.4, -0.2) is 6.29 Å². The van der Waals surface area contributed by atoms with Gasteiger partial charge in [0.25, 0.3) is 0 Å². The second-order valence-corrected chi connectivity index (χ2v) is 12.8. The summed E-state index contributed by atoms with van der Waals surface area (Å²) >= 11 is 0. The lowest BCUT2D eigenvalue weighted by Crippen LogP contribution is -1.95. The first-order chi connectivity index (χ1) is 20.8. The summed E-state index contributed by atoms with van der Waals surface area (Å²) in [4.78, 5) is 12.2. The normalized spacial score (nSPS) is 11.6. The van der Waals surface area contributed by atoms with E-state index in [0.717, 1.165) is 29.0 Å². The van der Waals surface area contributed by atoms with E-state index >= 15 is 0 Å². The van der Waals surface area contributed by atoms with Crippen LogP contribution in [0.3, 0.4) is 0 Å². The van der Waals surface area contributed by atoms with Crippen LogP contribution in [0.4, 0.5) is 0 Å². The average molecular weight is 565 g/mol. The highest BCUT2D eigenvalue weighted by Gasteiger charge is 2.09. The van der Waals surface area contributed by atoms with E-state index in [9.17, 15) is 4.79 Å². The number of fused-ring (bicyclic) bond motifs is 3. The van der Waals surface area contributed by atoms with Gasteiger partial charge >= 0.3 is 0 Å². The largest absolute Gasteiger partial charge is 0.298 e. The van der Waals surface area contributed by atoms with Crippen molar-refractivity contribution in [3.05, 3.63) is 71.8 Å². The third kappa shape index (κ3) is 10.3. The standard InChI is InChI=1S/C41H56O/c1-2-3-4-5-6-7-8-9-10-11-12-13-14-15-16-17-18-19-20-21-24-34-27-28-37-31-38-29-35-25-22-23-26-36(35)30-39(38)32-40(37)41(34)33-42/h22-23,25-33H,2-21,24H2,1H3. The number of unbranched alkanes of at least 4 members (excludes halogenated alkanes) is 19. The Hall–Kier alpha value is -2.67. The van der Waals surface area contributed by atoms with Gasteiger partial charge in [0.2, 0.25) is 0 Å². The monoisotopic (exact) mass is 564 g/mol. The van der Waals surface area contributed by atoms with E-state index in [1.807, 2.05) is 0 Å². The Balaban J connectivity index is 1.06. The molecule has 226 valence electrons. The summed E-state index contributed by atoms with van der Waals surface area (Å²) in [5.41, 5.74) is 2.10. The van der Waals surface area contributed by atoms with Crippen molar-refractivity contribution < 1.29 is 4.79 Å². The lowest BCUT2D eigenvalue weighted by Gasteiger charge is -2.11. The molecule has 0 fully saturated rings. The van der Waals surface area contributed by atoms with Gasteiger partial charge in [0.1, 0.15) is 0 Å². The van der Waals surface area contributed by atoms with E-state index < -0.39 is 0 Å². The molecule has 0 aliphatic carbocycles. The van der Waals surface area contributed by atoms with Crippen LogP contribution in [0, 0.1) is 0 Å². The Bertz CT molecular complexity index is 1350. The summed E-state index contributed by atoms with van der Waals surface area (Å²) in [5.74, 6) is 0. The van der Waals surface area contributed by atoms with Crippen molar-refractivity contribution in [2.45, 2.75) is 142 Å². The van der Waals surface area contributed by atoms with Crippen LogP contribution >= 0.6 is 0 Å². The number of aryl methyl sites for hydroxylation is 1. The molecule has 0 unspecified atom stereocenters. The maximum Gasteiger partial charge on any atom is 0.150 e.